The first-order valence-electron chi connectivity index (χ1n) is 7.41. The second-order valence-electron chi connectivity index (χ2n) is 5.55. The predicted molar refractivity (Wildman–Crippen MR) is 80.6 cm³/mol. The van der Waals surface area contributed by atoms with Crippen molar-refractivity contribution in [1.29, 1.82) is 0 Å². The lowest BCUT2D eigenvalue weighted by atomic mass is 9.87. The van der Waals surface area contributed by atoms with E-state index in [9.17, 15) is 0 Å². The number of methoxy groups -OCH3 is 1. The van der Waals surface area contributed by atoms with Gasteiger partial charge < -0.3 is 19.9 Å². The van der Waals surface area contributed by atoms with Crippen LogP contribution in [0, 0.1) is 5.92 Å². The van der Waals surface area contributed by atoms with Crippen molar-refractivity contribution < 1.29 is 14.6 Å². The maximum absolute atomic E-state index is 8.87. The highest BCUT2D eigenvalue weighted by Gasteiger charge is 2.19. The molecule has 1 aromatic rings. The van der Waals surface area contributed by atoms with Gasteiger partial charge in [0.05, 0.1) is 13.7 Å². The van der Waals surface area contributed by atoms with E-state index in [0.29, 0.717) is 17.5 Å². The standard InChI is InChI=1S/C16H25NO3/c1-12-4-3-5-13(10-12)17-14-6-7-15(19-2)16(11-14)20-9-8-18/h6-7,11-13,17-18H,3-5,8-10H2,1-2H3. The van der Waals surface area contributed by atoms with E-state index in [1.54, 1.807) is 7.11 Å². The van der Waals surface area contributed by atoms with Crippen LogP contribution < -0.4 is 14.8 Å². The van der Waals surface area contributed by atoms with E-state index < -0.39 is 0 Å². The van der Waals surface area contributed by atoms with Gasteiger partial charge in [0.15, 0.2) is 11.5 Å². The van der Waals surface area contributed by atoms with Crippen LogP contribution in [0.15, 0.2) is 18.2 Å². The van der Waals surface area contributed by atoms with Crippen molar-refractivity contribution in [3.8, 4) is 11.5 Å². The number of anilines is 1. The third-order valence-electron chi connectivity index (χ3n) is 3.82. The van der Waals surface area contributed by atoms with Gasteiger partial charge >= 0.3 is 0 Å². The fourth-order valence-electron chi connectivity index (χ4n) is 2.84. The zero-order valence-electron chi connectivity index (χ0n) is 12.4. The summed E-state index contributed by atoms with van der Waals surface area (Å²) in [6.45, 7) is 2.60. The van der Waals surface area contributed by atoms with Crippen LogP contribution in [0.4, 0.5) is 5.69 Å². The van der Waals surface area contributed by atoms with E-state index in [2.05, 4.69) is 12.2 Å². The highest BCUT2D eigenvalue weighted by Crippen LogP contribution is 2.32. The van der Waals surface area contributed by atoms with E-state index in [1.165, 1.54) is 25.7 Å². The van der Waals surface area contributed by atoms with Crippen LogP contribution in [0.1, 0.15) is 32.6 Å². The Bertz CT molecular complexity index is 422. The fourth-order valence-corrected chi connectivity index (χ4v) is 2.84. The van der Waals surface area contributed by atoms with Gasteiger partial charge in [-0.05, 0) is 30.9 Å². The Hall–Kier alpha value is -1.42. The monoisotopic (exact) mass is 279 g/mol. The maximum Gasteiger partial charge on any atom is 0.163 e. The summed E-state index contributed by atoms with van der Waals surface area (Å²) in [5, 5.41) is 12.5. The van der Waals surface area contributed by atoms with E-state index in [4.69, 9.17) is 14.6 Å². The average Bonchev–Trinajstić information content (AvgIpc) is 2.45. The van der Waals surface area contributed by atoms with Gasteiger partial charge in [-0.2, -0.15) is 0 Å². The largest absolute Gasteiger partial charge is 0.493 e. The van der Waals surface area contributed by atoms with E-state index in [1.807, 2.05) is 18.2 Å². The average molecular weight is 279 g/mol. The summed E-state index contributed by atoms with van der Waals surface area (Å²) in [5.41, 5.74) is 1.05. The van der Waals surface area contributed by atoms with Crippen molar-refractivity contribution in [2.45, 2.75) is 38.6 Å². The molecule has 0 radical (unpaired) electrons. The molecule has 0 amide bonds. The molecule has 0 heterocycles. The molecule has 0 aromatic heterocycles. The molecule has 1 fully saturated rings. The normalized spacial score (nSPS) is 22.4. The zero-order chi connectivity index (χ0) is 14.4. The number of rotatable bonds is 6. The van der Waals surface area contributed by atoms with Crippen LogP contribution >= 0.6 is 0 Å². The minimum absolute atomic E-state index is 0.000943. The molecule has 2 rings (SSSR count). The van der Waals surface area contributed by atoms with Crippen LogP contribution in [0.3, 0.4) is 0 Å². The molecule has 0 spiro atoms. The van der Waals surface area contributed by atoms with Crippen molar-refractivity contribution in [2.75, 3.05) is 25.6 Å². The molecule has 1 aliphatic carbocycles. The second-order valence-corrected chi connectivity index (χ2v) is 5.55. The molecule has 2 unspecified atom stereocenters. The smallest absolute Gasteiger partial charge is 0.163 e. The summed E-state index contributed by atoms with van der Waals surface area (Å²) >= 11 is 0. The van der Waals surface area contributed by atoms with Crippen LogP contribution in [0.25, 0.3) is 0 Å². The van der Waals surface area contributed by atoms with Crippen LogP contribution in [0.5, 0.6) is 11.5 Å². The van der Waals surface area contributed by atoms with Gasteiger partial charge in [-0.1, -0.05) is 19.8 Å². The van der Waals surface area contributed by atoms with Crippen LogP contribution in [0.2, 0.25) is 0 Å². The molecule has 20 heavy (non-hydrogen) atoms. The van der Waals surface area contributed by atoms with Gasteiger partial charge in [-0.3, -0.25) is 0 Å². The molecule has 2 N–H and O–H groups in total. The Labute approximate surface area is 121 Å². The predicted octanol–water partition coefficient (Wildman–Crippen LogP) is 3.06. The lowest BCUT2D eigenvalue weighted by Crippen LogP contribution is -2.26. The number of hydrogen-bond acceptors (Lipinski definition) is 4. The first-order chi connectivity index (χ1) is 9.72. The van der Waals surface area contributed by atoms with Crippen molar-refractivity contribution in [3.63, 3.8) is 0 Å². The lowest BCUT2D eigenvalue weighted by molar-refractivity contribution is 0.196. The molecule has 4 heteroatoms. The zero-order valence-corrected chi connectivity index (χ0v) is 12.4. The molecule has 4 nitrogen and oxygen atoms in total. The van der Waals surface area contributed by atoms with E-state index in [-0.39, 0.29) is 13.2 Å². The Balaban J connectivity index is 2.03. The number of aliphatic hydroxyl groups excluding tert-OH is 1. The molecular formula is C16H25NO3. The third kappa shape index (κ3) is 4.04. The Kier molecular flexibility index (Phi) is 5.53. The van der Waals surface area contributed by atoms with Gasteiger partial charge in [-0.25, -0.2) is 0 Å². The van der Waals surface area contributed by atoms with Gasteiger partial charge in [0, 0.05) is 17.8 Å². The summed E-state index contributed by atoms with van der Waals surface area (Å²) in [6.07, 6.45) is 5.08. The molecular weight excluding hydrogens is 254 g/mol. The van der Waals surface area contributed by atoms with Gasteiger partial charge in [0.25, 0.3) is 0 Å². The number of ether oxygens (including phenoxy) is 2. The second kappa shape index (κ2) is 7.39. The number of aliphatic hydroxyl groups is 1. The summed E-state index contributed by atoms with van der Waals surface area (Å²) in [6, 6.07) is 6.41. The highest BCUT2D eigenvalue weighted by atomic mass is 16.5. The van der Waals surface area contributed by atoms with Crippen molar-refractivity contribution >= 4 is 5.69 Å². The number of hydrogen-bond donors (Lipinski definition) is 2. The highest BCUT2D eigenvalue weighted by molar-refractivity contribution is 5.55. The van der Waals surface area contributed by atoms with Crippen molar-refractivity contribution in [3.05, 3.63) is 18.2 Å². The quantitative estimate of drug-likeness (QED) is 0.840. The Morgan fingerprint density at radius 1 is 1.30 bits per heavy atom. The fraction of sp³-hybridized carbons (Fsp3) is 0.625. The Morgan fingerprint density at radius 2 is 2.15 bits per heavy atom. The molecule has 0 saturated heterocycles. The third-order valence-corrected chi connectivity index (χ3v) is 3.82. The maximum atomic E-state index is 8.87. The minimum Gasteiger partial charge on any atom is -0.493 e. The SMILES string of the molecule is COc1ccc(NC2CCCC(C)C2)cc1OCCO. The molecule has 1 aromatic carbocycles. The summed E-state index contributed by atoms with van der Waals surface area (Å²) < 4.78 is 10.8. The van der Waals surface area contributed by atoms with Crippen molar-refractivity contribution in [1.82, 2.24) is 0 Å². The van der Waals surface area contributed by atoms with Gasteiger partial charge in [-0.15, -0.1) is 0 Å². The lowest BCUT2D eigenvalue weighted by Gasteiger charge is -2.28. The summed E-state index contributed by atoms with van der Waals surface area (Å²) in [7, 11) is 1.62. The van der Waals surface area contributed by atoms with E-state index >= 15 is 0 Å². The van der Waals surface area contributed by atoms with Gasteiger partial charge in [0.1, 0.15) is 6.61 Å². The van der Waals surface area contributed by atoms with Crippen LogP contribution in [-0.4, -0.2) is 31.5 Å². The molecule has 0 aliphatic heterocycles. The number of benzene rings is 1. The minimum atomic E-state index is 0.000943. The molecule has 1 aliphatic rings. The molecule has 2 atom stereocenters. The molecule has 1 saturated carbocycles. The topological polar surface area (TPSA) is 50.7 Å². The molecule has 112 valence electrons. The summed E-state index contributed by atoms with van der Waals surface area (Å²) in [4.78, 5) is 0. The Morgan fingerprint density at radius 3 is 2.85 bits per heavy atom. The van der Waals surface area contributed by atoms with Crippen molar-refractivity contribution in [2.24, 2.45) is 5.92 Å². The van der Waals surface area contributed by atoms with Crippen LogP contribution in [-0.2, 0) is 0 Å². The van der Waals surface area contributed by atoms with E-state index in [0.717, 1.165) is 11.6 Å². The first-order valence-corrected chi connectivity index (χ1v) is 7.41. The molecule has 0 bridgehead atoms. The van der Waals surface area contributed by atoms with Gasteiger partial charge in [0.2, 0.25) is 0 Å². The summed E-state index contributed by atoms with van der Waals surface area (Å²) in [5.74, 6) is 2.17. The first kappa shape index (κ1) is 15.0. The number of nitrogens with one attached hydrogen (secondary N) is 1.